The van der Waals surface area contributed by atoms with Gasteiger partial charge in [0.2, 0.25) is 0 Å². The van der Waals surface area contributed by atoms with Gasteiger partial charge in [-0.3, -0.25) is 0 Å². The minimum Gasteiger partial charge on any atom is -0.388 e. The van der Waals surface area contributed by atoms with Crippen LogP contribution in [0.1, 0.15) is 44.9 Å². The Hall–Kier alpha value is -1.08. The Morgan fingerprint density at radius 3 is 2.06 bits per heavy atom. The van der Waals surface area contributed by atoms with Crippen LogP contribution in [0.4, 0.5) is 0 Å². The summed E-state index contributed by atoms with van der Waals surface area (Å²) in [7, 11) is 0. The molecule has 0 fully saturated rings. The predicted octanol–water partition coefficient (Wildman–Crippen LogP) is 3.84. The van der Waals surface area contributed by atoms with Crippen molar-refractivity contribution in [2.75, 3.05) is 0 Å². The molecule has 0 aromatic heterocycles. The molecule has 0 aliphatic carbocycles. The fourth-order valence-electron chi connectivity index (χ4n) is 1.61. The maximum Gasteiger partial charge on any atom is 0.0849 e. The molecule has 1 rings (SSSR count). The highest BCUT2D eigenvalue weighted by Gasteiger charge is 2.16. The average molecular weight is 218 g/mol. The third-order valence-corrected chi connectivity index (χ3v) is 2.99. The van der Waals surface area contributed by atoms with E-state index in [2.05, 4.69) is 39.5 Å². The van der Waals surface area contributed by atoms with E-state index in [0.717, 1.165) is 5.56 Å². The Morgan fingerprint density at radius 2 is 1.69 bits per heavy atom. The van der Waals surface area contributed by atoms with Crippen LogP contribution in [0.15, 0.2) is 36.9 Å². The van der Waals surface area contributed by atoms with Crippen molar-refractivity contribution in [1.29, 1.82) is 0 Å². The van der Waals surface area contributed by atoms with Gasteiger partial charge >= 0.3 is 0 Å². The lowest BCUT2D eigenvalue weighted by Crippen LogP contribution is -2.12. The van der Waals surface area contributed by atoms with Crippen molar-refractivity contribution in [3.63, 3.8) is 0 Å². The third kappa shape index (κ3) is 2.96. The zero-order chi connectivity index (χ0) is 12.3. The Labute approximate surface area is 98.8 Å². The number of aliphatic hydroxyl groups excluding tert-OH is 1. The monoisotopic (exact) mass is 218 g/mol. The first-order valence-corrected chi connectivity index (χ1v) is 5.77. The summed E-state index contributed by atoms with van der Waals surface area (Å²) < 4.78 is 0. The molecular weight excluding hydrogens is 196 g/mol. The van der Waals surface area contributed by atoms with E-state index in [1.807, 2.05) is 19.1 Å². The zero-order valence-electron chi connectivity index (χ0n) is 10.7. The van der Waals surface area contributed by atoms with E-state index in [1.54, 1.807) is 6.08 Å². The molecule has 0 saturated carbocycles. The molecule has 2 atom stereocenters. The molecular formula is C15H22O. The second kappa shape index (κ2) is 4.84. The highest BCUT2D eigenvalue weighted by molar-refractivity contribution is 5.29. The number of aliphatic hydroxyl groups is 1. The summed E-state index contributed by atoms with van der Waals surface area (Å²) in [5.74, 6) is 0.0838. The lowest BCUT2D eigenvalue weighted by Gasteiger charge is -2.21. The molecule has 0 aliphatic rings. The Balaban J connectivity index is 2.91. The van der Waals surface area contributed by atoms with Gasteiger partial charge in [0.15, 0.2) is 0 Å². The minimum atomic E-state index is -0.452. The van der Waals surface area contributed by atoms with Gasteiger partial charge < -0.3 is 5.11 Å². The van der Waals surface area contributed by atoms with Gasteiger partial charge in [0.1, 0.15) is 0 Å². The largest absolute Gasteiger partial charge is 0.388 e. The normalized spacial score (nSPS) is 15.6. The van der Waals surface area contributed by atoms with Crippen LogP contribution in [0.5, 0.6) is 0 Å². The summed E-state index contributed by atoms with van der Waals surface area (Å²) in [4.78, 5) is 0. The van der Waals surface area contributed by atoms with Crippen LogP contribution in [0.25, 0.3) is 0 Å². The van der Waals surface area contributed by atoms with Crippen LogP contribution >= 0.6 is 0 Å². The van der Waals surface area contributed by atoms with E-state index in [1.165, 1.54) is 5.56 Å². The fraction of sp³-hybridized carbons (Fsp3) is 0.467. The van der Waals surface area contributed by atoms with Gasteiger partial charge in [0, 0.05) is 5.92 Å². The molecule has 1 N–H and O–H groups in total. The maximum atomic E-state index is 10.0. The molecule has 0 aliphatic heterocycles. The molecule has 0 spiro atoms. The van der Waals surface area contributed by atoms with Crippen LogP contribution in [0, 0.1) is 5.92 Å². The fourth-order valence-corrected chi connectivity index (χ4v) is 1.61. The van der Waals surface area contributed by atoms with Crippen molar-refractivity contribution >= 4 is 0 Å². The summed E-state index contributed by atoms with van der Waals surface area (Å²) in [6.07, 6.45) is 1.33. The first-order valence-electron chi connectivity index (χ1n) is 5.77. The van der Waals surface area contributed by atoms with Gasteiger partial charge in [-0.1, -0.05) is 58.0 Å². The smallest absolute Gasteiger partial charge is 0.0849 e. The highest BCUT2D eigenvalue weighted by Crippen LogP contribution is 2.26. The second-order valence-electron chi connectivity index (χ2n) is 5.41. The Kier molecular flexibility index (Phi) is 3.93. The van der Waals surface area contributed by atoms with E-state index in [4.69, 9.17) is 0 Å². The molecule has 1 nitrogen and oxygen atoms in total. The van der Waals surface area contributed by atoms with Crippen LogP contribution in [0.2, 0.25) is 0 Å². The second-order valence-corrected chi connectivity index (χ2v) is 5.41. The molecule has 1 heteroatoms. The quantitative estimate of drug-likeness (QED) is 0.764. The highest BCUT2D eigenvalue weighted by atomic mass is 16.3. The van der Waals surface area contributed by atoms with E-state index in [9.17, 15) is 5.11 Å². The number of rotatable bonds is 3. The molecule has 0 unspecified atom stereocenters. The Bertz CT molecular complexity index is 343. The average Bonchev–Trinajstić information content (AvgIpc) is 2.26. The maximum absolute atomic E-state index is 10.0. The van der Waals surface area contributed by atoms with E-state index < -0.39 is 6.10 Å². The standard InChI is InChI=1S/C15H22O/c1-6-11(2)14(16)12-7-9-13(10-8-12)15(3,4)5/h6-11,14,16H,1H2,2-5H3/t11-,14+/m1/s1. The SMILES string of the molecule is C=C[C@@H](C)[C@H](O)c1ccc(C(C)(C)C)cc1. The van der Waals surface area contributed by atoms with Crippen molar-refractivity contribution in [1.82, 2.24) is 0 Å². The lowest BCUT2D eigenvalue weighted by atomic mass is 9.85. The number of hydrogen-bond donors (Lipinski definition) is 1. The zero-order valence-corrected chi connectivity index (χ0v) is 10.7. The topological polar surface area (TPSA) is 20.2 Å². The molecule has 16 heavy (non-hydrogen) atoms. The molecule has 0 radical (unpaired) electrons. The van der Waals surface area contributed by atoms with E-state index >= 15 is 0 Å². The number of benzene rings is 1. The van der Waals surface area contributed by atoms with Crippen molar-refractivity contribution < 1.29 is 5.11 Å². The summed E-state index contributed by atoms with van der Waals surface area (Å²) in [6.45, 7) is 12.2. The molecule has 0 heterocycles. The summed E-state index contributed by atoms with van der Waals surface area (Å²) in [5, 5.41) is 10.0. The molecule has 0 bridgehead atoms. The van der Waals surface area contributed by atoms with Gasteiger partial charge in [-0.15, -0.1) is 6.58 Å². The molecule has 1 aromatic rings. The molecule has 88 valence electrons. The minimum absolute atomic E-state index is 0.0838. The third-order valence-electron chi connectivity index (χ3n) is 2.99. The van der Waals surface area contributed by atoms with Crippen molar-refractivity contribution in [3.8, 4) is 0 Å². The van der Waals surface area contributed by atoms with Crippen molar-refractivity contribution in [2.45, 2.75) is 39.2 Å². The lowest BCUT2D eigenvalue weighted by molar-refractivity contribution is 0.140. The van der Waals surface area contributed by atoms with Crippen LogP contribution in [0.3, 0.4) is 0 Å². The summed E-state index contributed by atoms with van der Waals surface area (Å²) in [6, 6.07) is 8.19. The van der Waals surface area contributed by atoms with Crippen LogP contribution in [-0.4, -0.2) is 5.11 Å². The van der Waals surface area contributed by atoms with Crippen LogP contribution < -0.4 is 0 Å². The first kappa shape index (κ1) is 13.0. The first-order chi connectivity index (χ1) is 7.36. The van der Waals surface area contributed by atoms with Gasteiger partial charge in [0.05, 0.1) is 6.10 Å². The van der Waals surface area contributed by atoms with Gasteiger partial charge in [-0.2, -0.15) is 0 Å². The van der Waals surface area contributed by atoms with Gasteiger partial charge in [-0.25, -0.2) is 0 Å². The Morgan fingerprint density at radius 1 is 1.19 bits per heavy atom. The van der Waals surface area contributed by atoms with Crippen molar-refractivity contribution in [3.05, 3.63) is 48.0 Å². The molecule has 0 saturated heterocycles. The summed E-state index contributed by atoms with van der Waals surface area (Å²) in [5.41, 5.74) is 2.41. The predicted molar refractivity (Wildman–Crippen MR) is 69.5 cm³/mol. The van der Waals surface area contributed by atoms with Gasteiger partial charge in [0.25, 0.3) is 0 Å². The summed E-state index contributed by atoms with van der Waals surface area (Å²) >= 11 is 0. The van der Waals surface area contributed by atoms with Crippen molar-refractivity contribution in [2.24, 2.45) is 5.92 Å². The van der Waals surface area contributed by atoms with E-state index in [-0.39, 0.29) is 11.3 Å². The van der Waals surface area contributed by atoms with E-state index in [0.29, 0.717) is 0 Å². The van der Waals surface area contributed by atoms with Crippen LogP contribution in [-0.2, 0) is 5.41 Å². The molecule has 1 aromatic carbocycles. The molecule has 0 amide bonds. The number of hydrogen-bond acceptors (Lipinski definition) is 1. The van der Waals surface area contributed by atoms with Gasteiger partial charge in [-0.05, 0) is 16.5 Å².